The van der Waals surface area contributed by atoms with E-state index in [0.717, 1.165) is 5.56 Å². The number of hydrogen-bond donors (Lipinski definition) is 1. The largest absolute Gasteiger partial charge is 0.379 e. The monoisotopic (exact) mass is 330 g/mol. The summed E-state index contributed by atoms with van der Waals surface area (Å²) in [4.78, 5) is 12.3. The van der Waals surface area contributed by atoms with E-state index in [-0.39, 0.29) is 16.5 Å². The summed E-state index contributed by atoms with van der Waals surface area (Å²) in [5.74, 6) is -0.0528. The first-order valence-electron chi connectivity index (χ1n) is 7.31. The van der Waals surface area contributed by atoms with Gasteiger partial charge >= 0.3 is 0 Å². The molecule has 3 heterocycles. The first kappa shape index (κ1) is 14.6. The number of nitrogens with two attached hydrogens (primary N) is 1. The van der Waals surface area contributed by atoms with Crippen molar-refractivity contribution in [2.24, 2.45) is 16.6 Å². The van der Waals surface area contributed by atoms with E-state index >= 15 is 0 Å². The summed E-state index contributed by atoms with van der Waals surface area (Å²) in [6.07, 6.45) is 4.65. The van der Waals surface area contributed by atoms with E-state index in [1.54, 1.807) is 12.4 Å². The zero-order valence-corrected chi connectivity index (χ0v) is 13.1. The van der Waals surface area contributed by atoms with Crippen molar-refractivity contribution in [2.75, 3.05) is 19.8 Å². The molecule has 118 valence electrons. The summed E-state index contributed by atoms with van der Waals surface area (Å²) in [5, 5.41) is 0.556. The summed E-state index contributed by atoms with van der Waals surface area (Å²) in [5.41, 5.74) is 8.10. The van der Waals surface area contributed by atoms with Crippen LogP contribution >= 0.6 is 11.8 Å². The topological polar surface area (TPSA) is 73.4 Å². The lowest BCUT2D eigenvalue weighted by Crippen LogP contribution is -2.39. The van der Waals surface area contributed by atoms with Gasteiger partial charge in [-0.25, -0.2) is 14.4 Å². The highest BCUT2D eigenvalue weighted by Crippen LogP contribution is 2.50. The third-order valence-corrected chi connectivity index (χ3v) is 5.77. The molecule has 1 fully saturated rings. The molecule has 1 saturated heterocycles. The van der Waals surface area contributed by atoms with E-state index in [2.05, 4.69) is 15.0 Å². The predicted molar refractivity (Wildman–Crippen MR) is 87.5 cm³/mol. The van der Waals surface area contributed by atoms with Gasteiger partial charge in [0.15, 0.2) is 5.17 Å². The van der Waals surface area contributed by atoms with Crippen molar-refractivity contribution in [1.82, 2.24) is 9.97 Å². The lowest BCUT2D eigenvalue weighted by atomic mass is 9.86. The number of benzene rings is 1. The molecule has 0 amide bonds. The van der Waals surface area contributed by atoms with Crippen LogP contribution in [0.25, 0.3) is 11.1 Å². The van der Waals surface area contributed by atoms with Crippen LogP contribution < -0.4 is 5.73 Å². The molecule has 0 saturated carbocycles. The van der Waals surface area contributed by atoms with Gasteiger partial charge in [-0.1, -0.05) is 17.8 Å². The summed E-state index contributed by atoms with van der Waals surface area (Å²) in [6.45, 7) is 1.83. The molecule has 2 aliphatic heterocycles. The van der Waals surface area contributed by atoms with Crippen LogP contribution in [0.3, 0.4) is 0 Å². The third-order valence-electron chi connectivity index (χ3n) is 4.38. The van der Waals surface area contributed by atoms with Gasteiger partial charge in [0.2, 0.25) is 0 Å². The van der Waals surface area contributed by atoms with Crippen molar-refractivity contribution in [3.63, 3.8) is 0 Å². The summed E-state index contributed by atoms with van der Waals surface area (Å²) in [7, 11) is 0. The molecule has 0 aliphatic carbocycles. The highest BCUT2D eigenvalue weighted by atomic mass is 32.2. The molecule has 2 aromatic rings. The first-order chi connectivity index (χ1) is 11.2. The Bertz CT molecular complexity index is 770. The van der Waals surface area contributed by atoms with E-state index in [0.29, 0.717) is 36.1 Å². The van der Waals surface area contributed by atoms with Crippen molar-refractivity contribution in [1.29, 1.82) is 0 Å². The van der Waals surface area contributed by atoms with E-state index in [4.69, 9.17) is 10.5 Å². The van der Waals surface area contributed by atoms with Gasteiger partial charge in [-0.05, 0) is 17.7 Å². The molecular weight excluding hydrogens is 315 g/mol. The van der Waals surface area contributed by atoms with Crippen LogP contribution in [0, 0.1) is 11.7 Å². The van der Waals surface area contributed by atoms with E-state index in [1.807, 2.05) is 12.1 Å². The lowest BCUT2D eigenvalue weighted by Gasteiger charge is -2.35. The van der Waals surface area contributed by atoms with Crippen molar-refractivity contribution in [3.8, 4) is 11.1 Å². The highest BCUT2D eigenvalue weighted by Gasteiger charge is 2.49. The van der Waals surface area contributed by atoms with Crippen LogP contribution in [0.1, 0.15) is 5.56 Å². The molecule has 23 heavy (non-hydrogen) atoms. The Morgan fingerprint density at radius 2 is 2.13 bits per heavy atom. The molecule has 1 aromatic heterocycles. The summed E-state index contributed by atoms with van der Waals surface area (Å²) in [6, 6.07) is 5.17. The van der Waals surface area contributed by atoms with Crippen LogP contribution in [-0.2, 0) is 9.48 Å². The van der Waals surface area contributed by atoms with E-state index in [1.165, 1.54) is 24.2 Å². The normalized spacial score (nSPS) is 26.7. The van der Waals surface area contributed by atoms with Crippen LogP contribution in [0.4, 0.5) is 4.39 Å². The van der Waals surface area contributed by atoms with Crippen molar-refractivity contribution >= 4 is 16.9 Å². The minimum absolute atomic E-state index is 0.241. The van der Waals surface area contributed by atoms with Crippen LogP contribution in [-0.4, -0.2) is 34.9 Å². The molecule has 0 bridgehead atoms. The van der Waals surface area contributed by atoms with Gasteiger partial charge in [0, 0.05) is 36.0 Å². The molecule has 2 atom stereocenters. The molecule has 2 aliphatic rings. The van der Waals surface area contributed by atoms with Gasteiger partial charge in [0.25, 0.3) is 0 Å². The summed E-state index contributed by atoms with van der Waals surface area (Å²) >= 11 is 1.52. The fraction of sp³-hybridized carbons (Fsp3) is 0.312. The second kappa shape index (κ2) is 5.58. The highest BCUT2D eigenvalue weighted by molar-refractivity contribution is 8.14. The Morgan fingerprint density at radius 1 is 1.30 bits per heavy atom. The Kier molecular flexibility index (Phi) is 3.54. The molecule has 7 heteroatoms. The Balaban J connectivity index is 1.82. The second-order valence-corrected chi connectivity index (χ2v) is 7.06. The maximum Gasteiger partial charge on any atom is 0.154 e. The van der Waals surface area contributed by atoms with Gasteiger partial charge in [0.1, 0.15) is 12.1 Å². The molecule has 1 aromatic carbocycles. The Labute approximate surface area is 137 Å². The number of aromatic nitrogens is 2. The fourth-order valence-electron chi connectivity index (χ4n) is 3.16. The van der Waals surface area contributed by atoms with Crippen LogP contribution in [0.2, 0.25) is 0 Å². The summed E-state index contributed by atoms with van der Waals surface area (Å²) < 4.78 is 19.7. The van der Waals surface area contributed by atoms with E-state index in [9.17, 15) is 4.39 Å². The number of aliphatic imine (C=N–C) groups is 1. The third kappa shape index (κ3) is 2.40. The number of amidine groups is 1. The van der Waals surface area contributed by atoms with E-state index < -0.39 is 0 Å². The number of rotatable bonds is 2. The van der Waals surface area contributed by atoms with Crippen molar-refractivity contribution < 1.29 is 9.13 Å². The number of ether oxygens (including phenoxy) is 1. The average Bonchev–Trinajstić information content (AvgIpc) is 3.00. The molecule has 2 N–H and O–H groups in total. The van der Waals surface area contributed by atoms with Crippen LogP contribution in [0.15, 0.2) is 41.9 Å². The maximum absolute atomic E-state index is 14.3. The van der Waals surface area contributed by atoms with Gasteiger partial charge in [-0.15, -0.1) is 0 Å². The maximum atomic E-state index is 14.3. The smallest absolute Gasteiger partial charge is 0.154 e. The zero-order valence-electron chi connectivity index (χ0n) is 12.3. The Morgan fingerprint density at radius 3 is 2.96 bits per heavy atom. The number of hydrogen-bond acceptors (Lipinski definition) is 6. The van der Waals surface area contributed by atoms with Gasteiger partial charge < -0.3 is 10.5 Å². The molecule has 0 spiro atoms. The second-order valence-electron chi connectivity index (χ2n) is 5.70. The molecule has 5 nitrogen and oxygen atoms in total. The first-order valence-corrected chi connectivity index (χ1v) is 8.13. The minimum Gasteiger partial charge on any atom is -0.379 e. The van der Waals surface area contributed by atoms with Crippen LogP contribution in [0.5, 0.6) is 0 Å². The number of nitrogens with zero attached hydrogens (tertiary/aromatic N) is 3. The zero-order chi connectivity index (χ0) is 15.9. The number of halogens is 1. The molecular formula is C16H15FN4OS. The molecule has 0 unspecified atom stereocenters. The fourth-order valence-corrected chi connectivity index (χ4v) is 4.37. The number of thioether (sulfide) groups is 1. The van der Waals surface area contributed by atoms with Crippen molar-refractivity contribution in [3.05, 3.63) is 48.3 Å². The molecule has 0 radical (unpaired) electrons. The Hall–Kier alpha value is -1.99. The van der Waals surface area contributed by atoms with Gasteiger partial charge in [-0.3, -0.25) is 4.99 Å². The minimum atomic E-state index is -0.302. The van der Waals surface area contributed by atoms with Crippen molar-refractivity contribution in [2.45, 2.75) is 4.75 Å². The van der Waals surface area contributed by atoms with Gasteiger partial charge in [0.05, 0.1) is 18.0 Å². The van der Waals surface area contributed by atoms with Gasteiger partial charge in [-0.2, -0.15) is 0 Å². The standard InChI is InChI=1S/C16H15FN4OS/c17-14-2-1-11(3-13(14)10-4-19-9-20-5-10)16-8-22-7-12(16)6-21-15(18)23-16/h1-5,9,12H,6-8H2,(H2,18,21)/t12-,16+/m0/s1. The average molecular weight is 330 g/mol. The SMILES string of the molecule is NC1=NC[C@H]2COC[C@]2(c2ccc(F)c(-c3cncnc3)c2)S1. The molecule has 4 rings (SSSR count). The lowest BCUT2D eigenvalue weighted by molar-refractivity contribution is 0.183. The quantitative estimate of drug-likeness (QED) is 0.914. The number of fused-ring (bicyclic) bond motifs is 1. The predicted octanol–water partition coefficient (Wildman–Crippen LogP) is 2.19.